The van der Waals surface area contributed by atoms with Gasteiger partial charge < -0.3 is 5.11 Å². The summed E-state index contributed by atoms with van der Waals surface area (Å²) < 4.78 is 0. The largest absolute Gasteiger partial charge is 0.481 e. The van der Waals surface area contributed by atoms with Crippen LogP contribution >= 0.6 is 0 Å². The third-order valence-electron chi connectivity index (χ3n) is 5.04. The Bertz CT molecular complexity index is 459. The Morgan fingerprint density at radius 3 is 2.70 bits per heavy atom. The van der Waals surface area contributed by atoms with Crippen LogP contribution in [0.4, 0.5) is 0 Å². The first kappa shape index (κ1) is 13.6. The molecule has 0 spiro atoms. The van der Waals surface area contributed by atoms with E-state index in [4.69, 9.17) is 0 Å². The molecule has 1 heterocycles. The number of aliphatic carboxylic acids is 1. The molecule has 108 valence electrons. The molecule has 3 nitrogen and oxygen atoms in total. The molecule has 1 saturated heterocycles. The van der Waals surface area contributed by atoms with Crippen LogP contribution in [0.5, 0.6) is 0 Å². The second kappa shape index (κ2) is 5.96. The lowest BCUT2D eigenvalue weighted by Gasteiger charge is -2.33. The average molecular weight is 273 g/mol. The number of carboxylic acids is 1. The third-order valence-corrected chi connectivity index (χ3v) is 5.04. The Morgan fingerprint density at radius 1 is 1.20 bits per heavy atom. The number of benzene rings is 1. The van der Waals surface area contributed by atoms with E-state index in [2.05, 4.69) is 4.90 Å². The predicted octanol–water partition coefficient (Wildman–Crippen LogP) is 3.12. The van der Waals surface area contributed by atoms with E-state index < -0.39 is 11.9 Å². The minimum Gasteiger partial charge on any atom is -0.481 e. The van der Waals surface area contributed by atoms with E-state index in [0.717, 1.165) is 18.0 Å². The van der Waals surface area contributed by atoms with E-state index in [9.17, 15) is 9.90 Å². The number of likely N-dealkylation sites (tertiary alicyclic amines) is 1. The Kier molecular flexibility index (Phi) is 4.06. The molecule has 1 aromatic carbocycles. The first-order chi connectivity index (χ1) is 9.75. The Labute approximate surface area is 120 Å². The van der Waals surface area contributed by atoms with Crippen LogP contribution in [0, 0.1) is 5.92 Å². The molecule has 1 aliphatic carbocycles. The van der Waals surface area contributed by atoms with E-state index >= 15 is 0 Å². The smallest absolute Gasteiger partial charge is 0.312 e. The van der Waals surface area contributed by atoms with Gasteiger partial charge in [0.05, 0.1) is 5.92 Å². The van der Waals surface area contributed by atoms with Crippen LogP contribution < -0.4 is 0 Å². The van der Waals surface area contributed by atoms with Crippen molar-refractivity contribution in [3.8, 4) is 0 Å². The van der Waals surface area contributed by atoms with Gasteiger partial charge in [-0.2, -0.15) is 0 Å². The normalized spacial score (nSPS) is 28.0. The van der Waals surface area contributed by atoms with E-state index in [-0.39, 0.29) is 0 Å². The van der Waals surface area contributed by atoms with Gasteiger partial charge in [0.25, 0.3) is 0 Å². The second-order valence-electron chi connectivity index (χ2n) is 6.20. The van der Waals surface area contributed by atoms with Gasteiger partial charge in [-0.25, -0.2) is 0 Å². The number of carboxylic acid groups (broad SMARTS) is 1. The molecule has 3 rings (SSSR count). The third kappa shape index (κ3) is 2.73. The fourth-order valence-corrected chi connectivity index (χ4v) is 3.98. The molecule has 0 radical (unpaired) electrons. The van der Waals surface area contributed by atoms with Crippen LogP contribution in [0.3, 0.4) is 0 Å². The highest BCUT2D eigenvalue weighted by Crippen LogP contribution is 2.37. The lowest BCUT2D eigenvalue weighted by atomic mass is 9.85. The number of nitrogens with zero attached hydrogens (tertiary/aromatic N) is 1. The minimum absolute atomic E-state index is 0.392. The molecule has 0 bridgehead atoms. The number of hydrogen-bond acceptors (Lipinski definition) is 2. The van der Waals surface area contributed by atoms with Crippen LogP contribution in [0.15, 0.2) is 30.3 Å². The van der Waals surface area contributed by atoms with Crippen molar-refractivity contribution in [2.45, 2.75) is 44.1 Å². The number of hydrogen-bond donors (Lipinski definition) is 1. The van der Waals surface area contributed by atoms with E-state index in [1.165, 1.54) is 32.1 Å². The van der Waals surface area contributed by atoms with Crippen molar-refractivity contribution in [3.05, 3.63) is 35.9 Å². The van der Waals surface area contributed by atoms with Gasteiger partial charge in [-0.3, -0.25) is 9.69 Å². The number of rotatable bonds is 4. The summed E-state index contributed by atoms with van der Waals surface area (Å²) in [4.78, 5) is 14.1. The molecule has 2 fully saturated rings. The molecule has 3 atom stereocenters. The van der Waals surface area contributed by atoms with Crippen LogP contribution in [0.25, 0.3) is 0 Å². The fraction of sp³-hybridized carbons (Fsp3) is 0.588. The molecule has 1 aliphatic heterocycles. The first-order valence-corrected chi connectivity index (χ1v) is 7.77. The summed E-state index contributed by atoms with van der Waals surface area (Å²) >= 11 is 0. The van der Waals surface area contributed by atoms with Gasteiger partial charge in [-0.1, -0.05) is 43.2 Å². The van der Waals surface area contributed by atoms with Crippen LogP contribution in [0.2, 0.25) is 0 Å². The quantitative estimate of drug-likeness (QED) is 0.916. The zero-order valence-corrected chi connectivity index (χ0v) is 11.9. The summed E-state index contributed by atoms with van der Waals surface area (Å²) in [5, 5.41) is 9.56. The molecule has 1 N–H and O–H groups in total. The molecular formula is C17H23NO2. The standard InChI is InChI=1S/C17H23NO2/c19-17(20)15(13-6-2-1-3-7-13)12-18-11-10-14-8-4-5-9-16(14)18/h1-3,6-7,14-16H,4-5,8-12H2,(H,19,20). The molecule has 3 unspecified atom stereocenters. The van der Waals surface area contributed by atoms with Crippen molar-refractivity contribution >= 4 is 5.97 Å². The van der Waals surface area contributed by atoms with Crippen molar-refractivity contribution < 1.29 is 9.90 Å². The van der Waals surface area contributed by atoms with Crippen molar-refractivity contribution in [2.75, 3.05) is 13.1 Å². The van der Waals surface area contributed by atoms with Gasteiger partial charge in [0.2, 0.25) is 0 Å². The number of fused-ring (bicyclic) bond motifs is 1. The summed E-state index contributed by atoms with van der Waals surface area (Å²) in [6.07, 6.45) is 6.51. The summed E-state index contributed by atoms with van der Waals surface area (Å²) in [7, 11) is 0. The molecular weight excluding hydrogens is 250 g/mol. The molecule has 1 aromatic rings. The molecule has 1 saturated carbocycles. The molecule has 0 amide bonds. The van der Waals surface area contributed by atoms with Crippen LogP contribution in [-0.4, -0.2) is 35.1 Å². The highest BCUT2D eigenvalue weighted by molar-refractivity contribution is 5.76. The van der Waals surface area contributed by atoms with Crippen LogP contribution in [-0.2, 0) is 4.79 Å². The van der Waals surface area contributed by atoms with E-state index in [1.807, 2.05) is 30.3 Å². The zero-order chi connectivity index (χ0) is 13.9. The van der Waals surface area contributed by atoms with E-state index in [1.54, 1.807) is 0 Å². The van der Waals surface area contributed by atoms with Gasteiger partial charge in [0, 0.05) is 12.6 Å². The SMILES string of the molecule is O=C(O)C(CN1CCC2CCCCC21)c1ccccc1. The predicted molar refractivity (Wildman–Crippen MR) is 78.8 cm³/mol. The Morgan fingerprint density at radius 2 is 1.95 bits per heavy atom. The molecule has 3 heteroatoms. The van der Waals surface area contributed by atoms with Gasteiger partial charge in [-0.05, 0) is 37.3 Å². The van der Waals surface area contributed by atoms with Crippen molar-refractivity contribution in [1.29, 1.82) is 0 Å². The highest BCUT2D eigenvalue weighted by atomic mass is 16.4. The maximum Gasteiger partial charge on any atom is 0.312 e. The Balaban J connectivity index is 1.72. The summed E-state index contributed by atoms with van der Waals surface area (Å²) in [6, 6.07) is 10.3. The van der Waals surface area contributed by atoms with Crippen molar-refractivity contribution in [2.24, 2.45) is 5.92 Å². The average Bonchev–Trinajstić information content (AvgIpc) is 2.88. The van der Waals surface area contributed by atoms with Gasteiger partial charge >= 0.3 is 5.97 Å². The van der Waals surface area contributed by atoms with Gasteiger partial charge in [-0.15, -0.1) is 0 Å². The lowest BCUT2D eigenvalue weighted by Crippen LogP contribution is -2.39. The molecule has 2 aliphatic rings. The highest BCUT2D eigenvalue weighted by Gasteiger charge is 2.37. The number of carbonyl (C=O) groups is 1. The molecule has 20 heavy (non-hydrogen) atoms. The van der Waals surface area contributed by atoms with Crippen molar-refractivity contribution in [1.82, 2.24) is 4.90 Å². The topological polar surface area (TPSA) is 40.5 Å². The fourth-order valence-electron chi connectivity index (χ4n) is 3.98. The summed E-state index contributed by atoms with van der Waals surface area (Å²) in [6.45, 7) is 1.74. The van der Waals surface area contributed by atoms with Crippen LogP contribution in [0.1, 0.15) is 43.6 Å². The van der Waals surface area contributed by atoms with Gasteiger partial charge in [0.15, 0.2) is 0 Å². The lowest BCUT2D eigenvalue weighted by molar-refractivity contribution is -0.139. The first-order valence-electron chi connectivity index (χ1n) is 7.77. The monoisotopic (exact) mass is 273 g/mol. The Hall–Kier alpha value is -1.35. The zero-order valence-electron chi connectivity index (χ0n) is 11.9. The van der Waals surface area contributed by atoms with Gasteiger partial charge in [0.1, 0.15) is 0 Å². The maximum absolute atomic E-state index is 11.6. The summed E-state index contributed by atoms with van der Waals surface area (Å²) in [5.74, 6) is -0.277. The second-order valence-corrected chi connectivity index (χ2v) is 6.20. The minimum atomic E-state index is -0.699. The molecule has 0 aromatic heterocycles. The summed E-state index contributed by atoms with van der Waals surface area (Å²) in [5.41, 5.74) is 0.930. The maximum atomic E-state index is 11.6. The van der Waals surface area contributed by atoms with Crippen molar-refractivity contribution in [3.63, 3.8) is 0 Å². The van der Waals surface area contributed by atoms with E-state index in [0.29, 0.717) is 12.6 Å².